The molecule has 0 amide bonds. The van der Waals surface area contributed by atoms with Gasteiger partial charge in [-0.15, -0.1) is 0 Å². The Bertz CT molecular complexity index is 826. The van der Waals surface area contributed by atoms with Crippen molar-refractivity contribution >= 4 is 0 Å². The smallest absolute Gasteiger partial charge is 0.0195 e. The summed E-state index contributed by atoms with van der Waals surface area (Å²) in [6, 6.07) is 1.52. The third-order valence-corrected chi connectivity index (χ3v) is 12.5. The van der Waals surface area contributed by atoms with Crippen molar-refractivity contribution in [2.75, 3.05) is 6.54 Å². The summed E-state index contributed by atoms with van der Waals surface area (Å²) in [6.45, 7) is 38.9. The Morgan fingerprint density at radius 1 is 0.853 bits per heavy atom. The molecule has 4 fully saturated rings. The third-order valence-electron chi connectivity index (χ3n) is 12.5. The number of rotatable bonds is 6. The van der Waals surface area contributed by atoms with Crippen LogP contribution >= 0.6 is 0 Å². The second kappa shape index (κ2) is 7.61. The van der Waals surface area contributed by atoms with Crippen LogP contribution in [-0.2, 0) is 0 Å². The maximum atomic E-state index is 4.66. The van der Waals surface area contributed by atoms with Gasteiger partial charge < -0.3 is 0 Å². The zero-order valence-corrected chi connectivity index (χ0v) is 25.4. The van der Waals surface area contributed by atoms with Crippen LogP contribution in [0.3, 0.4) is 0 Å². The molecule has 10 unspecified atom stereocenters. The average Bonchev–Trinajstić information content (AvgIpc) is 3.17. The molecule has 196 valence electrons. The van der Waals surface area contributed by atoms with Crippen molar-refractivity contribution in [1.29, 1.82) is 0 Å². The fraction of sp³-hybridized carbons (Fsp3) is 0.939. The van der Waals surface area contributed by atoms with Gasteiger partial charge in [0.2, 0.25) is 0 Å². The Labute approximate surface area is 213 Å². The van der Waals surface area contributed by atoms with Crippen LogP contribution in [0.2, 0.25) is 0 Å². The lowest BCUT2D eigenvalue weighted by Crippen LogP contribution is -2.62. The lowest BCUT2D eigenvalue weighted by molar-refractivity contribution is -0.123. The van der Waals surface area contributed by atoms with Gasteiger partial charge in [-0.3, -0.25) is 4.90 Å². The van der Waals surface area contributed by atoms with E-state index in [0.29, 0.717) is 38.4 Å². The highest BCUT2D eigenvalue weighted by Crippen LogP contribution is 2.82. The van der Waals surface area contributed by atoms with E-state index >= 15 is 0 Å². The molecule has 10 atom stereocenters. The van der Waals surface area contributed by atoms with Crippen LogP contribution in [0.1, 0.15) is 122 Å². The number of nitrogens with zero attached hydrogens (tertiary/aromatic N) is 1. The highest BCUT2D eigenvalue weighted by atomic mass is 15.3. The summed E-state index contributed by atoms with van der Waals surface area (Å²) < 4.78 is 0. The van der Waals surface area contributed by atoms with Gasteiger partial charge in [0, 0.05) is 12.1 Å². The fourth-order valence-corrected chi connectivity index (χ4v) is 11.0. The molecule has 1 nitrogen and oxygen atoms in total. The van der Waals surface area contributed by atoms with Gasteiger partial charge in [0.15, 0.2) is 0 Å². The number of fused-ring (bicyclic) bond motifs is 8. The van der Waals surface area contributed by atoms with Gasteiger partial charge in [0.05, 0.1) is 0 Å². The zero-order valence-electron chi connectivity index (χ0n) is 25.4. The summed E-state index contributed by atoms with van der Waals surface area (Å²) in [5, 5.41) is 0. The van der Waals surface area contributed by atoms with E-state index in [9.17, 15) is 0 Å². The Morgan fingerprint density at radius 3 is 1.65 bits per heavy atom. The molecule has 1 heteroatoms. The van der Waals surface area contributed by atoms with Gasteiger partial charge in [0.1, 0.15) is 0 Å². The standard InChI is InChI=1S/C33H59N/c1-15-34-26-24-25(27(34)33(14)17-16-32(26,33)13)31(12,23(21(2)3)19-29(8,9)10)20-30(24,11)22(4)18-28(5,6)7/h22-27H,2,15-20H2,1,3-14H3. The van der Waals surface area contributed by atoms with Crippen molar-refractivity contribution in [2.45, 2.75) is 134 Å². The Hall–Kier alpha value is -0.300. The average molecular weight is 470 g/mol. The molecule has 2 bridgehead atoms. The molecule has 4 aliphatic rings. The van der Waals surface area contributed by atoms with E-state index in [4.69, 9.17) is 0 Å². The Balaban J connectivity index is 1.89. The highest BCUT2D eigenvalue weighted by molar-refractivity contribution is 5.34. The first-order valence-electron chi connectivity index (χ1n) is 14.7. The van der Waals surface area contributed by atoms with E-state index in [2.05, 4.69) is 101 Å². The summed E-state index contributed by atoms with van der Waals surface area (Å²) in [5.74, 6) is 2.97. The third kappa shape index (κ3) is 3.40. The normalized spacial score (nSPS) is 47.8. The molecule has 2 saturated heterocycles. The summed E-state index contributed by atoms with van der Waals surface area (Å²) in [4.78, 5) is 3.05. The summed E-state index contributed by atoms with van der Waals surface area (Å²) in [5.41, 5.74) is 3.88. The van der Waals surface area contributed by atoms with Crippen LogP contribution in [0.5, 0.6) is 0 Å². The monoisotopic (exact) mass is 469 g/mol. The molecule has 2 heterocycles. The van der Waals surface area contributed by atoms with E-state index in [1.54, 1.807) is 0 Å². The SMILES string of the molecule is C=C(C)C(CC(C)(C)C)C1(C)CC(C)(C(C)CC(C)(C)C)C2C1C1N(CC)C2C2(C)CCC12C. The first-order valence-corrected chi connectivity index (χ1v) is 14.7. The van der Waals surface area contributed by atoms with Gasteiger partial charge in [-0.2, -0.15) is 0 Å². The van der Waals surface area contributed by atoms with Crippen molar-refractivity contribution in [3.8, 4) is 0 Å². The molecule has 2 aliphatic carbocycles. The molecule has 0 aromatic heterocycles. The molecule has 0 N–H and O–H groups in total. The van der Waals surface area contributed by atoms with E-state index in [0.717, 1.165) is 29.8 Å². The topological polar surface area (TPSA) is 3.24 Å². The lowest BCUT2D eigenvalue weighted by atomic mass is 9.40. The molecule has 34 heavy (non-hydrogen) atoms. The minimum absolute atomic E-state index is 0.328. The van der Waals surface area contributed by atoms with Gasteiger partial charge in [-0.1, -0.05) is 95.2 Å². The molecule has 4 rings (SSSR count). The van der Waals surface area contributed by atoms with Gasteiger partial charge in [-0.05, 0) is 102 Å². The fourth-order valence-electron chi connectivity index (χ4n) is 11.0. The Kier molecular flexibility index (Phi) is 5.99. The second-order valence-corrected chi connectivity index (χ2v) is 17.1. The van der Waals surface area contributed by atoms with E-state index in [-0.39, 0.29) is 0 Å². The summed E-state index contributed by atoms with van der Waals surface area (Å²) >= 11 is 0. The second-order valence-electron chi connectivity index (χ2n) is 17.1. The van der Waals surface area contributed by atoms with Crippen molar-refractivity contribution in [2.24, 2.45) is 56.2 Å². The predicted molar refractivity (Wildman–Crippen MR) is 149 cm³/mol. The van der Waals surface area contributed by atoms with Crippen LogP contribution in [0.15, 0.2) is 12.2 Å². The van der Waals surface area contributed by atoms with Crippen LogP contribution in [-0.4, -0.2) is 23.5 Å². The molecular formula is C33H59N. The van der Waals surface area contributed by atoms with Crippen LogP contribution < -0.4 is 0 Å². The summed E-state index contributed by atoms with van der Waals surface area (Å²) in [7, 11) is 0. The minimum atomic E-state index is 0.328. The molecule has 2 saturated carbocycles. The maximum absolute atomic E-state index is 4.66. The van der Waals surface area contributed by atoms with Crippen LogP contribution in [0.4, 0.5) is 0 Å². The summed E-state index contributed by atoms with van der Waals surface area (Å²) in [6.07, 6.45) is 6.86. The lowest BCUT2D eigenvalue weighted by Gasteiger charge is -2.63. The number of hydrogen-bond acceptors (Lipinski definition) is 1. The zero-order chi connectivity index (χ0) is 25.9. The number of allylic oxidation sites excluding steroid dienone is 1. The molecule has 2 aliphatic heterocycles. The molecule has 0 radical (unpaired) electrons. The maximum Gasteiger partial charge on any atom is 0.0195 e. The van der Waals surface area contributed by atoms with Crippen molar-refractivity contribution in [1.82, 2.24) is 4.90 Å². The first kappa shape index (κ1) is 26.8. The van der Waals surface area contributed by atoms with Gasteiger partial charge >= 0.3 is 0 Å². The van der Waals surface area contributed by atoms with E-state index < -0.39 is 0 Å². The quantitative estimate of drug-likeness (QED) is 0.350. The molecule has 0 aromatic carbocycles. The predicted octanol–water partition coefficient (Wildman–Crippen LogP) is 9.23. The molecule has 0 spiro atoms. The van der Waals surface area contributed by atoms with Gasteiger partial charge in [0.25, 0.3) is 0 Å². The Morgan fingerprint density at radius 2 is 1.29 bits per heavy atom. The van der Waals surface area contributed by atoms with Crippen LogP contribution in [0, 0.1) is 56.2 Å². The first-order chi connectivity index (χ1) is 15.3. The van der Waals surface area contributed by atoms with Crippen molar-refractivity contribution in [3.05, 3.63) is 12.2 Å². The minimum Gasteiger partial charge on any atom is -0.296 e. The molecular weight excluding hydrogens is 410 g/mol. The molecule has 0 aromatic rings. The van der Waals surface area contributed by atoms with Crippen molar-refractivity contribution < 1.29 is 0 Å². The van der Waals surface area contributed by atoms with Crippen LogP contribution in [0.25, 0.3) is 0 Å². The van der Waals surface area contributed by atoms with E-state index in [1.165, 1.54) is 44.2 Å². The van der Waals surface area contributed by atoms with Gasteiger partial charge in [-0.25, -0.2) is 0 Å². The van der Waals surface area contributed by atoms with E-state index in [1.807, 2.05) is 0 Å². The largest absolute Gasteiger partial charge is 0.296 e. The van der Waals surface area contributed by atoms with Crippen molar-refractivity contribution in [3.63, 3.8) is 0 Å². The number of hydrogen-bond donors (Lipinski definition) is 0. The highest BCUT2D eigenvalue weighted by Gasteiger charge is 2.82.